The molecule has 0 radical (unpaired) electrons. The van der Waals surface area contributed by atoms with Crippen molar-refractivity contribution in [2.24, 2.45) is 5.92 Å². The summed E-state index contributed by atoms with van der Waals surface area (Å²) in [6, 6.07) is 8.69. The van der Waals surface area contributed by atoms with Gasteiger partial charge in [0, 0.05) is 23.1 Å². The van der Waals surface area contributed by atoms with Gasteiger partial charge in [0.2, 0.25) is 5.75 Å². The Morgan fingerprint density at radius 3 is 2.44 bits per heavy atom. The van der Waals surface area contributed by atoms with Crippen molar-refractivity contribution in [1.82, 2.24) is 15.4 Å². The van der Waals surface area contributed by atoms with Gasteiger partial charge in [0.05, 0.1) is 34.4 Å². The Morgan fingerprint density at radius 1 is 1.12 bits per heavy atom. The summed E-state index contributed by atoms with van der Waals surface area (Å²) in [7, 11) is 4.51. The summed E-state index contributed by atoms with van der Waals surface area (Å²) < 4.78 is 21.6. The van der Waals surface area contributed by atoms with Gasteiger partial charge < -0.3 is 29.0 Å². The van der Waals surface area contributed by atoms with Crippen molar-refractivity contribution in [2.75, 3.05) is 27.9 Å². The molecule has 1 aliphatic carbocycles. The van der Waals surface area contributed by atoms with Crippen LogP contribution in [0.3, 0.4) is 0 Å². The zero-order valence-electron chi connectivity index (χ0n) is 19.3. The minimum atomic E-state index is -0.275. The Balaban J connectivity index is 1.57. The van der Waals surface area contributed by atoms with Crippen molar-refractivity contribution in [3.8, 4) is 17.2 Å². The molecule has 2 amide bonds. The fraction of sp³-hybridized carbons (Fsp3) is 0.375. The lowest BCUT2D eigenvalue weighted by atomic mass is 10.1. The Kier molecular flexibility index (Phi) is 7.36. The molecule has 0 spiro atoms. The average molecular weight is 486 g/mol. The number of methoxy groups -OCH3 is 3. The predicted octanol–water partition coefficient (Wildman–Crippen LogP) is 3.74. The van der Waals surface area contributed by atoms with E-state index >= 15 is 0 Å². The van der Waals surface area contributed by atoms with Crippen molar-refractivity contribution < 1.29 is 28.3 Å². The van der Waals surface area contributed by atoms with Crippen LogP contribution < -0.4 is 19.5 Å². The highest BCUT2D eigenvalue weighted by atomic mass is 32.1. The quantitative estimate of drug-likeness (QED) is 0.441. The van der Waals surface area contributed by atoms with E-state index in [9.17, 15) is 9.59 Å². The minimum absolute atomic E-state index is 0.135. The number of carbonyl (C=O) groups is 2. The standard InChI is InChI=1S/C24H27N3O6S/c1-30-20-9-16(10-21(31-2)22(20)32-3)24(29)27(14-18-5-4-8-34-18)13-17-11-19(26-33-17)23(28)25-12-15-6-7-15/h4-5,8-11,15H,6-7,12-14H2,1-3H3,(H,25,28). The van der Waals surface area contributed by atoms with E-state index in [1.54, 1.807) is 34.4 Å². The lowest BCUT2D eigenvalue weighted by Crippen LogP contribution is -2.30. The molecule has 3 aromatic rings. The van der Waals surface area contributed by atoms with Crippen LogP contribution in [0.25, 0.3) is 0 Å². The molecule has 180 valence electrons. The number of benzene rings is 1. The fourth-order valence-corrected chi connectivity index (χ4v) is 4.23. The van der Waals surface area contributed by atoms with Crippen LogP contribution in [-0.2, 0) is 13.1 Å². The molecule has 0 bridgehead atoms. The molecule has 0 saturated heterocycles. The smallest absolute Gasteiger partial charge is 0.273 e. The molecular formula is C24H27N3O6S. The number of amides is 2. The molecule has 10 heteroatoms. The second-order valence-electron chi connectivity index (χ2n) is 7.99. The first kappa shape index (κ1) is 23.6. The van der Waals surface area contributed by atoms with E-state index < -0.39 is 0 Å². The van der Waals surface area contributed by atoms with Gasteiger partial charge in [-0.1, -0.05) is 11.2 Å². The maximum Gasteiger partial charge on any atom is 0.273 e. The van der Waals surface area contributed by atoms with Gasteiger partial charge >= 0.3 is 0 Å². The third-order valence-electron chi connectivity index (χ3n) is 5.51. The number of aromatic nitrogens is 1. The first-order valence-electron chi connectivity index (χ1n) is 10.9. The van der Waals surface area contributed by atoms with Crippen molar-refractivity contribution in [1.29, 1.82) is 0 Å². The van der Waals surface area contributed by atoms with Crippen LogP contribution in [0.1, 0.15) is 44.3 Å². The molecule has 0 atom stereocenters. The molecule has 2 heterocycles. The maximum absolute atomic E-state index is 13.6. The van der Waals surface area contributed by atoms with Gasteiger partial charge in [-0.3, -0.25) is 9.59 Å². The molecule has 2 aromatic heterocycles. The highest BCUT2D eigenvalue weighted by Gasteiger charge is 2.25. The summed E-state index contributed by atoms with van der Waals surface area (Å²) in [6.07, 6.45) is 2.29. The second kappa shape index (κ2) is 10.6. The van der Waals surface area contributed by atoms with Crippen LogP contribution in [0.4, 0.5) is 0 Å². The number of nitrogens with one attached hydrogen (secondary N) is 1. The van der Waals surface area contributed by atoms with E-state index in [4.69, 9.17) is 18.7 Å². The van der Waals surface area contributed by atoms with Gasteiger partial charge in [0.25, 0.3) is 11.8 Å². The number of thiophene rings is 1. The molecule has 1 fully saturated rings. The average Bonchev–Trinajstić information content (AvgIpc) is 3.32. The molecule has 9 nitrogen and oxygen atoms in total. The third-order valence-corrected chi connectivity index (χ3v) is 6.37. The highest BCUT2D eigenvalue weighted by Crippen LogP contribution is 2.38. The molecule has 1 saturated carbocycles. The van der Waals surface area contributed by atoms with Gasteiger partial charge in [-0.05, 0) is 42.3 Å². The number of ether oxygens (including phenoxy) is 3. The van der Waals surface area contributed by atoms with Crippen LogP contribution in [0.5, 0.6) is 17.2 Å². The van der Waals surface area contributed by atoms with Crippen LogP contribution >= 0.6 is 11.3 Å². The Morgan fingerprint density at radius 2 is 1.85 bits per heavy atom. The van der Waals surface area contributed by atoms with Gasteiger partial charge in [-0.25, -0.2) is 0 Å². The summed E-state index contributed by atoms with van der Waals surface area (Å²) in [4.78, 5) is 28.5. The molecule has 1 aromatic carbocycles. The lowest BCUT2D eigenvalue weighted by molar-refractivity contribution is 0.0714. The van der Waals surface area contributed by atoms with Crippen molar-refractivity contribution in [2.45, 2.75) is 25.9 Å². The molecule has 1 N–H and O–H groups in total. The summed E-state index contributed by atoms with van der Waals surface area (Å²) in [6.45, 7) is 1.14. The van der Waals surface area contributed by atoms with Gasteiger partial charge in [0.15, 0.2) is 23.0 Å². The normalized spacial score (nSPS) is 12.8. The summed E-state index contributed by atoms with van der Waals surface area (Å²) in [5, 5.41) is 8.72. The topological polar surface area (TPSA) is 103 Å². The van der Waals surface area contributed by atoms with E-state index in [2.05, 4.69) is 10.5 Å². The summed E-state index contributed by atoms with van der Waals surface area (Å²) in [5.41, 5.74) is 0.569. The van der Waals surface area contributed by atoms with E-state index in [1.165, 1.54) is 21.3 Å². The van der Waals surface area contributed by atoms with Crippen molar-refractivity contribution in [3.05, 3.63) is 57.6 Å². The molecule has 0 unspecified atom stereocenters. The number of hydrogen-bond donors (Lipinski definition) is 1. The van der Waals surface area contributed by atoms with Crippen LogP contribution in [0, 0.1) is 5.92 Å². The molecule has 4 rings (SSSR count). The number of carbonyl (C=O) groups excluding carboxylic acids is 2. The number of nitrogens with zero attached hydrogens (tertiary/aromatic N) is 2. The van der Waals surface area contributed by atoms with E-state index in [-0.39, 0.29) is 24.1 Å². The largest absolute Gasteiger partial charge is 0.493 e. The number of hydrogen-bond acceptors (Lipinski definition) is 8. The Bertz CT molecular complexity index is 1110. The van der Waals surface area contributed by atoms with Crippen LogP contribution in [-0.4, -0.2) is 49.7 Å². The van der Waals surface area contributed by atoms with Gasteiger partial charge in [-0.15, -0.1) is 11.3 Å². The molecular weight excluding hydrogens is 458 g/mol. The SMILES string of the molecule is COc1cc(C(=O)N(Cc2cc(C(=O)NCC3CC3)no2)Cc2cccs2)cc(OC)c1OC. The number of rotatable bonds is 11. The van der Waals surface area contributed by atoms with Crippen LogP contribution in [0.2, 0.25) is 0 Å². The zero-order chi connectivity index (χ0) is 24.1. The second-order valence-corrected chi connectivity index (χ2v) is 9.02. The first-order chi connectivity index (χ1) is 16.5. The van der Waals surface area contributed by atoms with E-state index in [1.807, 2.05) is 17.5 Å². The minimum Gasteiger partial charge on any atom is -0.493 e. The predicted molar refractivity (Wildman–Crippen MR) is 126 cm³/mol. The van der Waals surface area contributed by atoms with Crippen molar-refractivity contribution in [3.63, 3.8) is 0 Å². The van der Waals surface area contributed by atoms with Crippen molar-refractivity contribution >= 4 is 23.2 Å². The first-order valence-corrected chi connectivity index (χ1v) is 11.8. The third kappa shape index (κ3) is 5.51. The molecule has 34 heavy (non-hydrogen) atoms. The molecule has 0 aliphatic heterocycles. The zero-order valence-corrected chi connectivity index (χ0v) is 20.1. The fourth-order valence-electron chi connectivity index (χ4n) is 3.51. The lowest BCUT2D eigenvalue weighted by Gasteiger charge is -2.22. The van der Waals surface area contributed by atoms with Gasteiger partial charge in [0.1, 0.15) is 0 Å². The van der Waals surface area contributed by atoms with E-state index in [0.29, 0.717) is 47.6 Å². The Labute approximate surface area is 201 Å². The van der Waals surface area contributed by atoms with Gasteiger partial charge in [-0.2, -0.15) is 0 Å². The van der Waals surface area contributed by atoms with E-state index in [0.717, 1.165) is 17.7 Å². The highest BCUT2D eigenvalue weighted by molar-refractivity contribution is 7.09. The monoisotopic (exact) mass is 485 g/mol. The molecule has 1 aliphatic rings. The maximum atomic E-state index is 13.6. The summed E-state index contributed by atoms with van der Waals surface area (Å²) >= 11 is 1.55. The van der Waals surface area contributed by atoms with Crippen LogP contribution in [0.15, 0.2) is 40.2 Å². The summed E-state index contributed by atoms with van der Waals surface area (Å²) in [5.74, 6) is 1.61. The Hall–Kier alpha value is -3.53.